The fraction of sp³-hybridized carbons (Fsp3) is 0.400. The lowest BCUT2D eigenvalue weighted by molar-refractivity contribution is -0.136. The number of pyridine rings is 1. The minimum Gasteiger partial charge on any atom is -0.481 e. The number of hydrogen-bond acceptors (Lipinski definition) is 5. The quantitative estimate of drug-likeness (QED) is 0.432. The predicted molar refractivity (Wildman–Crippen MR) is 123 cm³/mol. The number of aromatic nitrogens is 1. The SMILES string of the molecule is Cc1c(C(Nc2ccc(C(=O)NCCC(=O)O)cn2)C2CCCCC2)oc2ccc(F)cc12. The zero-order valence-electron chi connectivity index (χ0n) is 18.6. The van der Waals surface area contributed by atoms with Crippen molar-refractivity contribution >= 4 is 28.7 Å². The molecule has 0 saturated heterocycles. The summed E-state index contributed by atoms with van der Waals surface area (Å²) in [6.07, 6.45) is 6.98. The maximum atomic E-state index is 13.8. The van der Waals surface area contributed by atoms with Crippen LogP contribution in [0.25, 0.3) is 11.0 Å². The summed E-state index contributed by atoms with van der Waals surface area (Å²) in [7, 11) is 0. The van der Waals surface area contributed by atoms with Crippen LogP contribution in [0.3, 0.4) is 0 Å². The maximum absolute atomic E-state index is 13.8. The Morgan fingerprint density at radius 2 is 2.00 bits per heavy atom. The van der Waals surface area contributed by atoms with Crippen molar-refractivity contribution in [2.45, 2.75) is 51.5 Å². The van der Waals surface area contributed by atoms with Crippen molar-refractivity contribution in [3.8, 4) is 0 Å². The monoisotopic (exact) mass is 453 g/mol. The summed E-state index contributed by atoms with van der Waals surface area (Å²) in [5, 5.41) is 15.5. The van der Waals surface area contributed by atoms with E-state index in [9.17, 15) is 14.0 Å². The summed E-state index contributed by atoms with van der Waals surface area (Å²) >= 11 is 0. The van der Waals surface area contributed by atoms with Crippen LogP contribution >= 0.6 is 0 Å². The highest BCUT2D eigenvalue weighted by molar-refractivity contribution is 5.94. The Balaban J connectivity index is 1.56. The van der Waals surface area contributed by atoms with Crippen molar-refractivity contribution in [3.63, 3.8) is 0 Å². The van der Waals surface area contributed by atoms with E-state index in [1.165, 1.54) is 24.8 Å². The van der Waals surface area contributed by atoms with Crippen LogP contribution in [-0.2, 0) is 4.79 Å². The molecule has 1 saturated carbocycles. The first kappa shape index (κ1) is 22.8. The zero-order chi connectivity index (χ0) is 23.4. The third-order valence-electron chi connectivity index (χ3n) is 6.29. The number of aryl methyl sites for hydroxylation is 1. The van der Waals surface area contributed by atoms with Gasteiger partial charge in [0.1, 0.15) is 23.0 Å². The number of fused-ring (bicyclic) bond motifs is 1. The normalized spacial score (nSPS) is 15.3. The summed E-state index contributed by atoms with van der Waals surface area (Å²) in [5.41, 5.74) is 1.94. The highest BCUT2D eigenvalue weighted by Crippen LogP contribution is 2.40. The second-order valence-electron chi connectivity index (χ2n) is 8.58. The van der Waals surface area contributed by atoms with E-state index in [0.717, 1.165) is 42.4 Å². The Morgan fingerprint density at radius 3 is 2.70 bits per heavy atom. The van der Waals surface area contributed by atoms with Crippen molar-refractivity contribution in [3.05, 3.63) is 59.2 Å². The average molecular weight is 454 g/mol. The first-order valence-electron chi connectivity index (χ1n) is 11.3. The lowest BCUT2D eigenvalue weighted by Gasteiger charge is -2.30. The number of nitrogens with one attached hydrogen (secondary N) is 2. The van der Waals surface area contributed by atoms with E-state index < -0.39 is 5.97 Å². The topological polar surface area (TPSA) is 104 Å². The molecule has 4 rings (SSSR count). The number of furan rings is 1. The van der Waals surface area contributed by atoms with Crippen molar-refractivity contribution in [1.82, 2.24) is 10.3 Å². The van der Waals surface area contributed by atoms with E-state index in [0.29, 0.717) is 22.9 Å². The molecular formula is C25H28FN3O4. The van der Waals surface area contributed by atoms with Crippen molar-refractivity contribution in [2.75, 3.05) is 11.9 Å². The molecule has 1 aromatic carbocycles. The minimum atomic E-state index is -0.967. The maximum Gasteiger partial charge on any atom is 0.305 e. The predicted octanol–water partition coefficient (Wildman–Crippen LogP) is 5.21. The molecule has 0 radical (unpaired) electrons. The number of carboxylic acids is 1. The molecule has 1 fully saturated rings. The number of carboxylic acid groups (broad SMARTS) is 1. The lowest BCUT2D eigenvalue weighted by atomic mass is 9.82. The molecule has 8 heteroatoms. The zero-order valence-corrected chi connectivity index (χ0v) is 18.6. The number of benzene rings is 1. The van der Waals surface area contributed by atoms with Gasteiger partial charge in [0.15, 0.2) is 0 Å². The van der Waals surface area contributed by atoms with Gasteiger partial charge in [0.05, 0.1) is 18.0 Å². The van der Waals surface area contributed by atoms with E-state index in [1.807, 2.05) is 6.92 Å². The highest BCUT2D eigenvalue weighted by atomic mass is 19.1. The van der Waals surface area contributed by atoms with Gasteiger partial charge in [-0.25, -0.2) is 9.37 Å². The third kappa shape index (κ3) is 5.32. The number of carbonyl (C=O) groups is 2. The Labute approximate surface area is 191 Å². The number of amides is 1. The number of halogens is 1. The molecule has 174 valence electrons. The molecule has 33 heavy (non-hydrogen) atoms. The van der Waals surface area contributed by atoms with Gasteiger partial charge < -0.3 is 20.2 Å². The van der Waals surface area contributed by atoms with Gasteiger partial charge in [0.2, 0.25) is 0 Å². The molecule has 1 unspecified atom stereocenters. The molecule has 1 aliphatic rings. The van der Waals surface area contributed by atoms with Crippen LogP contribution in [0, 0.1) is 18.7 Å². The van der Waals surface area contributed by atoms with Gasteiger partial charge in [-0.3, -0.25) is 9.59 Å². The van der Waals surface area contributed by atoms with Gasteiger partial charge in [-0.1, -0.05) is 19.3 Å². The average Bonchev–Trinajstić information content (AvgIpc) is 3.13. The Bertz CT molecular complexity index is 1140. The molecule has 0 bridgehead atoms. The van der Waals surface area contributed by atoms with E-state index in [2.05, 4.69) is 15.6 Å². The van der Waals surface area contributed by atoms with Crippen molar-refractivity contribution < 1.29 is 23.5 Å². The summed E-state index contributed by atoms with van der Waals surface area (Å²) < 4.78 is 20.0. The summed E-state index contributed by atoms with van der Waals surface area (Å²) in [5.74, 6) is 0.126. The molecular weight excluding hydrogens is 425 g/mol. The molecule has 7 nitrogen and oxygen atoms in total. The Hall–Kier alpha value is -3.42. The first-order chi connectivity index (χ1) is 15.9. The largest absolute Gasteiger partial charge is 0.481 e. The van der Waals surface area contributed by atoms with Gasteiger partial charge in [0.25, 0.3) is 5.91 Å². The van der Waals surface area contributed by atoms with E-state index in [1.54, 1.807) is 18.2 Å². The summed E-state index contributed by atoms with van der Waals surface area (Å²) in [6.45, 7) is 2.01. The molecule has 2 heterocycles. The first-order valence-corrected chi connectivity index (χ1v) is 11.3. The van der Waals surface area contributed by atoms with Crippen molar-refractivity contribution in [2.24, 2.45) is 5.92 Å². The smallest absolute Gasteiger partial charge is 0.305 e. The summed E-state index contributed by atoms with van der Waals surface area (Å²) in [6, 6.07) is 7.84. The van der Waals surface area contributed by atoms with Crippen LogP contribution in [0.4, 0.5) is 10.2 Å². The van der Waals surface area contributed by atoms with Gasteiger partial charge in [-0.05, 0) is 56.0 Å². The van der Waals surface area contributed by atoms with Crippen molar-refractivity contribution in [1.29, 1.82) is 0 Å². The van der Waals surface area contributed by atoms with Gasteiger partial charge in [0, 0.05) is 23.7 Å². The number of carbonyl (C=O) groups excluding carboxylic acids is 1. The Morgan fingerprint density at radius 1 is 1.21 bits per heavy atom. The van der Waals surface area contributed by atoms with E-state index in [-0.39, 0.29) is 30.7 Å². The van der Waals surface area contributed by atoms with Crippen LogP contribution in [0.5, 0.6) is 0 Å². The molecule has 0 spiro atoms. The molecule has 1 aliphatic carbocycles. The van der Waals surface area contributed by atoms with E-state index in [4.69, 9.17) is 9.52 Å². The third-order valence-corrected chi connectivity index (χ3v) is 6.29. The van der Waals surface area contributed by atoms with Crippen LogP contribution in [0.15, 0.2) is 40.9 Å². The highest BCUT2D eigenvalue weighted by Gasteiger charge is 2.30. The van der Waals surface area contributed by atoms with Gasteiger partial charge >= 0.3 is 5.97 Å². The second-order valence-corrected chi connectivity index (χ2v) is 8.58. The minimum absolute atomic E-state index is 0.0594. The molecule has 1 amide bonds. The van der Waals surface area contributed by atoms with Crippen LogP contribution in [0.1, 0.15) is 66.2 Å². The molecule has 1 atom stereocenters. The number of rotatable bonds is 8. The molecule has 2 aromatic heterocycles. The van der Waals surface area contributed by atoms with E-state index >= 15 is 0 Å². The second kappa shape index (κ2) is 10.0. The van der Waals surface area contributed by atoms with Crippen LogP contribution < -0.4 is 10.6 Å². The van der Waals surface area contributed by atoms with Crippen LogP contribution in [-0.4, -0.2) is 28.5 Å². The fourth-order valence-electron chi connectivity index (χ4n) is 4.53. The molecule has 0 aliphatic heterocycles. The number of anilines is 1. The lowest BCUT2D eigenvalue weighted by Crippen LogP contribution is -2.26. The Kier molecular flexibility index (Phi) is 6.91. The number of aliphatic carboxylic acids is 1. The number of hydrogen-bond donors (Lipinski definition) is 3. The molecule has 3 N–H and O–H groups in total. The summed E-state index contributed by atoms with van der Waals surface area (Å²) in [4.78, 5) is 27.2. The standard InChI is InChI=1S/C25H28FN3O4/c1-15-19-13-18(26)8-9-20(19)33-24(15)23(16-5-3-2-4-6-16)29-21-10-7-17(14-28-21)25(32)27-12-11-22(30)31/h7-10,13-14,16,23H,2-6,11-12H2,1H3,(H,27,32)(H,28,29)(H,30,31). The fourth-order valence-corrected chi connectivity index (χ4v) is 4.53. The van der Waals surface area contributed by atoms with Gasteiger partial charge in [-0.2, -0.15) is 0 Å². The van der Waals surface area contributed by atoms with Gasteiger partial charge in [-0.15, -0.1) is 0 Å². The molecule has 3 aromatic rings. The number of nitrogens with zero attached hydrogens (tertiary/aromatic N) is 1. The van der Waals surface area contributed by atoms with Crippen LogP contribution in [0.2, 0.25) is 0 Å².